The molecular formula is C8H15N3O4S3. The van der Waals surface area contributed by atoms with Gasteiger partial charge in [-0.05, 0) is 12.8 Å². The van der Waals surface area contributed by atoms with Crippen molar-refractivity contribution >= 4 is 36.5 Å². The van der Waals surface area contributed by atoms with Gasteiger partial charge in [0.1, 0.15) is 0 Å². The largest absolute Gasteiger partial charge is 0.259 e. The second-order valence-corrected chi connectivity index (χ2v) is 8.74. The number of anilines is 1. The van der Waals surface area contributed by atoms with E-state index in [2.05, 4.69) is 9.71 Å². The van der Waals surface area contributed by atoms with Gasteiger partial charge in [0, 0.05) is 0 Å². The van der Waals surface area contributed by atoms with Gasteiger partial charge < -0.3 is 0 Å². The number of aromatic nitrogens is 1. The van der Waals surface area contributed by atoms with Crippen LogP contribution in [0.3, 0.4) is 0 Å². The number of thiazole rings is 1. The molecule has 0 saturated carbocycles. The zero-order valence-electron chi connectivity index (χ0n) is 10.2. The maximum absolute atomic E-state index is 11.7. The predicted octanol–water partition coefficient (Wildman–Crippen LogP) is 0.497. The first-order chi connectivity index (χ1) is 8.01. The van der Waals surface area contributed by atoms with Crippen LogP contribution >= 0.6 is 11.3 Å². The first-order valence-electron chi connectivity index (χ1n) is 5.02. The number of nitrogens with zero attached hydrogens (tertiary/aromatic N) is 1. The molecule has 1 aromatic rings. The van der Waals surface area contributed by atoms with Crippen molar-refractivity contribution < 1.29 is 16.8 Å². The van der Waals surface area contributed by atoms with Crippen LogP contribution in [0.2, 0.25) is 0 Å². The maximum atomic E-state index is 11.7. The molecule has 104 valence electrons. The Morgan fingerprint density at radius 2 is 1.89 bits per heavy atom. The normalized spacial score (nSPS) is 12.9. The van der Waals surface area contributed by atoms with E-state index < -0.39 is 20.0 Å². The van der Waals surface area contributed by atoms with Crippen LogP contribution < -0.4 is 9.86 Å². The number of rotatable bonds is 5. The standard InChI is InChI=1S/C8H15N3O4S3/c1-5(2)4-17(12,13)11-8-10-6(3)7(16-8)18(9,14)15/h5H,4H2,1-3H3,(H,10,11)(H2,9,14,15). The summed E-state index contributed by atoms with van der Waals surface area (Å²) in [5, 5.41) is 4.99. The third-order valence-corrected chi connectivity index (χ3v) is 6.17. The number of hydrogen-bond donors (Lipinski definition) is 2. The van der Waals surface area contributed by atoms with Crippen LogP contribution in [0.15, 0.2) is 4.21 Å². The predicted molar refractivity (Wildman–Crippen MR) is 70.5 cm³/mol. The van der Waals surface area contributed by atoms with Gasteiger partial charge in [0.2, 0.25) is 20.0 Å². The fourth-order valence-electron chi connectivity index (χ4n) is 1.30. The van der Waals surface area contributed by atoms with Crippen LogP contribution in [0.5, 0.6) is 0 Å². The van der Waals surface area contributed by atoms with Crippen molar-refractivity contribution in [2.75, 3.05) is 10.5 Å². The summed E-state index contributed by atoms with van der Waals surface area (Å²) >= 11 is 0.706. The van der Waals surface area contributed by atoms with Gasteiger partial charge in [-0.25, -0.2) is 27.0 Å². The fraction of sp³-hybridized carbons (Fsp3) is 0.625. The summed E-state index contributed by atoms with van der Waals surface area (Å²) in [5.41, 5.74) is 0.185. The average molecular weight is 313 g/mol. The molecule has 0 aromatic carbocycles. The van der Waals surface area contributed by atoms with Crippen LogP contribution in [-0.2, 0) is 20.0 Å². The van der Waals surface area contributed by atoms with Gasteiger partial charge in [0.15, 0.2) is 9.34 Å². The van der Waals surface area contributed by atoms with Crippen LogP contribution in [-0.4, -0.2) is 27.6 Å². The van der Waals surface area contributed by atoms with E-state index in [-0.39, 0.29) is 26.7 Å². The molecule has 0 aliphatic carbocycles. The van der Waals surface area contributed by atoms with Crippen molar-refractivity contribution in [2.45, 2.75) is 25.0 Å². The fourth-order valence-corrected chi connectivity index (χ4v) is 4.83. The molecule has 0 atom stereocenters. The maximum Gasteiger partial charge on any atom is 0.249 e. The number of hydrogen-bond acceptors (Lipinski definition) is 6. The molecule has 10 heteroatoms. The zero-order valence-corrected chi connectivity index (χ0v) is 12.6. The van der Waals surface area contributed by atoms with E-state index >= 15 is 0 Å². The summed E-state index contributed by atoms with van der Waals surface area (Å²) in [7, 11) is -7.39. The lowest BCUT2D eigenvalue weighted by atomic mass is 10.3. The molecule has 18 heavy (non-hydrogen) atoms. The van der Waals surface area contributed by atoms with Gasteiger partial charge in [-0.1, -0.05) is 25.2 Å². The summed E-state index contributed by atoms with van der Waals surface area (Å²) in [6.07, 6.45) is 0. The van der Waals surface area contributed by atoms with Crippen LogP contribution in [0.1, 0.15) is 19.5 Å². The summed E-state index contributed by atoms with van der Waals surface area (Å²) < 4.78 is 47.8. The van der Waals surface area contributed by atoms with Gasteiger partial charge in [0.05, 0.1) is 11.4 Å². The van der Waals surface area contributed by atoms with Gasteiger partial charge in [0.25, 0.3) is 0 Å². The molecule has 0 unspecified atom stereocenters. The van der Waals surface area contributed by atoms with E-state index in [1.165, 1.54) is 6.92 Å². The molecule has 1 heterocycles. The van der Waals surface area contributed by atoms with Gasteiger partial charge in [-0.15, -0.1) is 0 Å². The van der Waals surface area contributed by atoms with Gasteiger partial charge in [-0.2, -0.15) is 0 Å². The van der Waals surface area contributed by atoms with Crippen molar-refractivity contribution in [1.82, 2.24) is 4.98 Å². The van der Waals surface area contributed by atoms with Crippen molar-refractivity contribution in [2.24, 2.45) is 11.1 Å². The van der Waals surface area contributed by atoms with E-state index in [9.17, 15) is 16.8 Å². The van der Waals surface area contributed by atoms with E-state index in [1.807, 2.05) is 0 Å². The molecule has 0 radical (unpaired) electrons. The topological polar surface area (TPSA) is 119 Å². The minimum absolute atomic E-state index is 0.0113. The first-order valence-corrected chi connectivity index (χ1v) is 9.03. The molecule has 0 saturated heterocycles. The molecule has 0 fully saturated rings. The molecule has 3 N–H and O–H groups in total. The Morgan fingerprint density at radius 3 is 2.28 bits per heavy atom. The van der Waals surface area contributed by atoms with Crippen molar-refractivity contribution in [3.63, 3.8) is 0 Å². The Labute approximate surface area is 111 Å². The van der Waals surface area contributed by atoms with Crippen LogP contribution in [0, 0.1) is 12.8 Å². The zero-order chi connectivity index (χ0) is 14.1. The molecule has 0 amide bonds. The summed E-state index contributed by atoms with van der Waals surface area (Å²) in [4.78, 5) is 3.84. The van der Waals surface area contributed by atoms with Gasteiger partial charge >= 0.3 is 0 Å². The van der Waals surface area contributed by atoms with Crippen LogP contribution in [0.4, 0.5) is 5.13 Å². The highest BCUT2D eigenvalue weighted by atomic mass is 32.2. The number of nitrogens with one attached hydrogen (secondary N) is 1. The minimum Gasteiger partial charge on any atom is -0.259 e. The quantitative estimate of drug-likeness (QED) is 0.820. The molecule has 0 spiro atoms. The lowest BCUT2D eigenvalue weighted by molar-refractivity contribution is 0.587. The minimum atomic E-state index is -3.87. The molecule has 0 aliphatic heterocycles. The van der Waals surface area contributed by atoms with Crippen molar-refractivity contribution in [3.8, 4) is 0 Å². The summed E-state index contributed by atoms with van der Waals surface area (Å²) in [6.45, 7) is 4.99. The van der Waals surface area contributed by atoms with Gasteiger partial charge in [-0.3, -0.25) is 4.72 Å². The third kappa shape index (κ3) is 4.19. The smallest absolute Gasteiger partial charge is 0.249 e. The summed E-state index contributed by atoms with van der Waals surface area (Å²) in [6, 6.07) is 0. The van der Waals surface area contributed by atoms with Crippen molar-refractivity contribution in [3.05, 3.63) is 5.69 Å². The molecule has 0 aliphatic rings. The Kier molecular flexibility index (Phi) is 4.36. The van der Waals surface area contributed by atoms with Crippen LogP contribution in [0.25, 0.3) is 0 Å². The number of sulfonamides is 2. The number of aryl methyl sites for hydroxylation is 1. The van der Waals surface area contributed by atoms with E-state index in [4.69, 9.17) is 5.14 Å². The number of nitrogens with two attached hydrogens (primary N) is 1. The first kappa shape index (κ1) is 15.3. The van der Waals surface area contributed by atoms with E-state index in [1.54, 1.807) is 13.8 Å². The Morgan fingerprint density at radius 1 is 1.33 bits per heavy atom. The second kappa shape index (κ2) is 5.11. The SMILES string of the molecule is Cc1nc(NS(=O)(=O)CC(C)C)sc1S(N)(=O)=O. The third-order valence-electron chi connectivity index (χ3n) is 1.81. The Bertz CT molecular complexity index is 631. The molecule has 1 aromatic heterocycles. The second-order valence-electron chi connectivity index (χ2n) is 4.21. The van der Waals surface area contributed by atoms with E-state index in [0.717, 1.165) is 0 Å². The Balaban J connectivity index is 3.02. The number of primary sulfonamides is 1. The lowest BCUT2D eigenvalue weighted by Gasteiger charge is -2.06. The Hall–Kier alpha value is -0.710. The molecular weight excluding hydrogens is 298 g/mol. The highest BCUT2D eigenvalue weighted by Crippen LogP contribution is 2.26. The molecule has 0 bridgehead atoms. The summed E-state index contributed by atoms with van der Waals surface area (Å²) in [5.74, 6) is -0.0997. The lowest BCUT2D eigenvalue weighted by Crippen LogP contribution is -2.19. The highest BCUT2D eigenvalue weighted by Gasteiger charge is 2.21. The molecule has 1 rings (SSSR count). The highest BCUT2D eigenvalue weighted by molar-refractivity contribution is 7.93. The molecule has 7 nitrogen and oxygen atoms in total. The van der Waals surface area contributed by atoms with Crippen molar-refractivity contribution in [1.29, 1.82) is 0 Å². The average Bonchev–Trinajstić information content (AvgIpc) is 2.41. The van der Waals surface area contributed by atoms with E-state index in [0.29, 0.717) is 11.3 Å². The monoisotopic (exact) mass is 313 g/mol.